The van der Waals surface area contributed by atoms with E-state index in [0.29, 0.717) is 19.4 Å². The summed E-state index contributed by atoms with van der Waals surface area (Å²) in [4.78, 5) is 23.7. The number of amides is 2. The third-order valence-corrected chi connectivity index (χ3v) is 4.09. The maximum atomic E-state index is 13.9. The Bertz CT molecular complexity index is 595. The summed E-state index contributed by atoms with van der Waals surface area (Å²) in [5, 5.41) is 5.19. The summed E-state index contributed by atoms with van der Waals surface area (Å²) in [7, 11) is 0. The van der Waals surface area contributed by atoms with Gasteiger partial charge in [-0.15, -0.1) is 0 Å². The molecule has 0 saturated carbocycles. The van der Waals surface area contributed by atoms with Crippen LogP contribution in [0.2, 0.25) is 0 Å². The molecule has 1 saturated heterocycles. The molecule has 1 aliphatic rings. The van der Waals surface area contributed by atoms with Crippen LogP contribution in [0.4, 0.5) is 13.6 Å². The maximum absolute atomic E-state index is 13.9. The second-order valence-electron chi connectivity index (χ2n) is 5.85. The highest BCUT2D eigenvalue weighted by atomic mass is 19.2. The Morgan fingerprint density at radius 1 is 1.38 bits per heavy atom. The molecule has 0 unspecified atom stereocenters. The third-order valence-electron chi connectivity index (χ3n) is 4.09. The number of carbonyl (C=O) groups is 2. The zero-order chi connectivity index (χ0) is 17.5. The molecular weight excluding hydrogens is 318 g/mol. The van der Waals surface area contributed by atoms with Crippen LogP contribution in [0.25, 0.3) is 0 Å². The first-order chi connectivity index (χ1) is 11.5. The van der Waals surface area contributed by atoms with Crippen LogP contribution < -0.4 is 10.6 Å². The molecule has 1 aromatic carbocycles. The van der Waals surface area contributed by atoms with E-state index in [9.17, 15) is 18.4 Å². The number of nitrogens with one attached hydrogen (secondary N) is 2. The minimum absolute atomic E-state index is 0.197. The van der Waals surface area contributed by atoms with Crippen molar-refractivity contribution in [2.45, 2.75) is 44.6 Å². The number of rotatable bonds is 5. The van der Waals surface area contributed by atoms with E-state index in [1.165, 1.54) is 12.1 Å². The topological polar surface area (TPSA) is 67.4 Å². The van der Waals surface area contributed by atoms with E-state index in [1.54, 1.807) is 0 Å². The van der Waals surface area contributed by atoms with Gasteiger partial charge in [-0.25, -0.2) is 13.6 Å². The van der Waals surface area contributed by atoms with Crippen molar-refractivity contribution in [1.29, 1.82) is 0 Å². The third kappa shape index (κ3) is 4.66. The quantitative estimate of drug-likeness (QED) is 0.810. The SMILES string of the molecule is CCCCOC(=O)N[C@@H]1CC[C@@H](c2cccc(F)c2F)CNC1=O. The lowest BCUT2D eigenvalue weighted by molar-refractivity contribution is -0.122. The van der Waals surface area contributed by atoms with Crippen molar-refractivity contribution in [2.24, 2.45) is 0 Å². The van der Waals surface area contributed by atoms with Crippen molar-refractivity contribution < 1.29 is 23.1 Å². The Morgan fingerprint density at radius 3 is 2.92 bits per heavy atom. The standard InChI is InChI=1S/C17H22F2N2O3/c1-2-3-9-24-17(23)21-14-8-7-11(10-20-16(14)22)12-5-4-6-13(18)15(12)19/h4-6,11,14H,2-3,7-10H2,1H3,(H,20,22)(H,21,23)/t11-,14-/m1/s1. The molecule has 0 aliphatic carbocycles. The molecule has 7 heteroatoms. The number of carbonyl (C=O) groups excluding carboxylic acids is 2. The normalized spacial score (nSPS) is 20.9. The number of unbranched alkanes of at least 4 members (excludes halogenated alkanes) is 1. The van der Waals surface area contributed by atoms with Gasteiger partial charge in [0.15, 0.2) is 11.6 Å². The highest BCUT2D eigenvalue weighted by Crippen LogP contribution is 2.27. The van der Waals surface area contributed by atoms with Crippen molar-refractivity contribution in [2.75, 3.05) is 13.2 Å². The van der Waals surface area contributed by atoms with E-state index < -0.39 is 23.8 Å². The van der Waals surface area contributed by atoms with Gasteiger partial charge < -0.3 is 15.4 Å². The van der Waals surface area contributed by atoms with E-state index in [4.69, 9.17) is 4.74 Å². The van der Waals surface area contributed by atoms with Gasteiger partial charge in [-0.2, -0.15) is 0 Å². The minimum atomic E-state index is -0.905. The molecular formula is C17H22F2N2O3. The highest BCUT2D eigenvalue weighted by molar-refractivity contribution is 5.85. The van der Waals surface area contributed by atoms with Gasteiger partial charge in [-0.05, 0) is 30.9 Å². The van der Waals surface area contributed by atoms with Crippen molar-refractivity contribution in [3.8, 4) is 0 Å². The fourth-order valence-corrected chi connectivity index (χ4v) is 2.68. The largest absolute Gasteiger partial charge is 0.450 e. The first-order valence-electron chi connectivity index (χ1n) is 8.17. The van der Waals surface area contributed by atoms with Gasteiger partial charge in [0, 0.05) is 12.5 Å². The summed E-state index contributed by atoms with van der Waals surface area (Å²) in [5.74, 6) is -2.48. The number of hydrogen-bond donors (Lipinski definition) is 2. The Kier molecular flexibility index (Phi) is 6.52. The lowest BCUT2D eigenvalue weighted by Crippen LogP contribution is -2.45. The molecule has 2 atom stereocenters. The van der Waals surface area contributed by atoms with E-state index >= 15 is 0 Å². The number of alkyl carbamates (subject to hydrolysis) is 1. The molecule has 2 N–H and O–H groups in total. The number of halogens is 2. The molecule has 0 spiro atoms. The molecule has 2 rings (SSSR count). The van der Waals surface area contributed by atoms with E-state index in [0.717, 1.165) is 18.9 Å². The monoisotopic (exact) mass is 340 g/mol. The lowest BCUT2D eigenvalue weighted by atomic mass is 9.93. The van der Waals surface area contributed by atoms with Crippen molar-refractivity contribution in [3.63, 3.8) is 0 Å². The number of hydrogen-bond acceptors (Lipinski definition) is 3. The van der Waals surface area contributed by atoms with Gasteiger partial charge in [-0.1, -0.05) is 25.5 Å². The van der Waals surface area contributed by atoms with Crippen LogP contribution in [0.1, 0.15) is 44.1 Å². The van der Waals surface area contributed by atoms with Gasteiger partial charge in [0.05, 0.1) is 6.61 Å². The van der Waals surface area contributed by atoms with Gasteiger partial charge >= 0.3 is 6.09 Å². The molecule has 2 amide bonds. The average Bonchev–Trinajstić information content (AvgIpc) is 2.73. The van der Waals surface area contributed by atoms with Crippen molar-refractivity contribution >= 4 is 12.0 Å². The zero-order valence-electron chi connectivity index (χ0n) is 13.6. The fourth-order valence-electron chi connectivity index (χ4n) is 2.68. The highest BCUT2D eigenvalue weighted by Gasteiger charge is 2.29. The average molecular weight is 340 g/mol. The summed E-state index contributed by atoms with van der Waals surface area (Å²) in [5.41, 5.74) is 0.237. The van der Waals surface area contributed by atoms with E-state index in [1.807, 2.05) is 6.92 Å². The molecule has 0 aromatic heterocycles. The predicted octanol–water partition coefficient (Wildman–Crippen LogP) is 2.85. The Balaban J connectivity index is 1.96. The van der Waals surface area contributed by atoms with Gasteiger partial charge in [0.2, 0.25) is 5.91 Å². The summed E-state index contributed by atoms with van der Waals surface area (Å²) in [6, 6.07) is 3.29. The fraction of sp³-hybridized carbons (Fsp3) is 0.529. The van der Waals surface area contributed by atoms with Crippen LogP contribution in [-0.2, 0) is 9.53 Å². The summed E-state index contributed by atoms with van der Waals surface area (Å²) >= 11 is 0. The predicted molar refractivity (Wildman–Crippen MR) is 84.5 cm³/mol. The Labute approximate surface area is 139 Å². The summed E-state index contributed by atoms with van der Waals surface area (Å²) < 4.78 is 32.3. The Hall–Kier alpha value is -2.18. The first kappa shape index (κ1) is 18.2. The van der Waals surface area contributed by atoms with Crippen molar-refractivity contribution in [1.82, 2.24) is 10.6 Å². The van der Waals surface area contributed by atoms with E-state index in [2.05, 4.69) is 10.6 Å². The van der Waals surface area contributed by atoms with Crippen LogP contribution in [0.3, 0.4) is 0 Å². The maximum Gasteiger partial charge on any atom is 0.407 e. The molecule has 1 fully saturated rings. The molecule has 1 aromatic rings. The summed E-state index contributed by atoms with van der Waals surface area (Å²) in [6.45, 7) is 2.47. The zero-order valence-corrected chi connectivity index (χ0v) is 13.6. The first-order valence-corrected chi connectivity index (χ1v) is 8.17. The van der Waals surface area contributed by atoms with Crippen LogP contribution >= 0.6 is 0 Å². The second-order valence-corrected chi connectivity index (χ2v) is 5.85. The molecule has 0 bridgehead atoms. The minimum Gasteiger partial charge on any atom is -0.450 e. The number of benzene rings is 1. The van der Waals surface area contributed by atoms with Crippen molar-refractivity contribution in [3.05, 3.63) is 35.4 Å². The van der Waals surface area contributed by atoms with Gasteiger partial charge in [0.1, 0.15) is 6.04 Å². The lowest BCUT2D eigenvalue weighted by Gasteiger charge is -2.15. The number of ether oxygens (including phenoxy) is 1. The molecule has 1 heterocycles. The molecule has 132 valence electrons. The molecule has 0 radical (unpaired) electrons. The van der Waals surface area contributed by atoms with Crippen LogP contribution in [0, 0.1) is 11.6 Å². The molecule has 1 aliphatic heterocycles. The molecule has 24 heavy (non-hydrogen) atoms. The second kappa shape index (κ2) is 8.61. The molecule has 5 nitrogen and oxygen atoms in total. The Morgan fingerprint density at radius 2 is 2.17 bits per heavy atom. The van der Waals surface area contributed by atoms with Crippen LogP contribution in [0.15, 0.2) is 18.2 Å². The van der Waals surface area contributed by atoms with Gasteiger partial charge in [0.25, 0.3) is 0 Å². The van der Waals surface area contributed by atoms with Crippen LogP contribution in [-0.4, -0.2) is 31.2 Å². The van der Waals surface area contributed by atoms with E-state index in [-0.39, 0.29) is 23.9 Å². The summed E-state index contributed by atoms with van der Waals surface area (Å²) in [6.07, 6.45) is 1.79. The smallest absolute Gasteiger partial charge is 0.407 e. The van der Waals surface area contributed by atoms with Gasteiger partial charge in [-0.3, -0.25) is 4.79 Å². The van der Waals surface area contributed by atoms with Crippen LogP contribution in [0.5, 0.6) is 0 Å².